The van der Waals surface area contributed by atoms with Gasteiger partial charge in [-0.25, -0.2) is 4.39 Å². The molecule has 3 heteroatoms. The SMILES string of the molecule is Fc1ccccc1COC1CC(Cl)C12CCCCC2. The summed E-state index contributed by atoms with van der Waals surface area (Å²) in [5, 5.41) is 0.249. The minimum Gasteiger partial charge on any atom is -0.373 e. The van der Waals surface area contributed by atoms with Crippen LogP contribution in [0.4, 0.5) is 4.39 Å². The van der Waals surface area contributed by atoms with Crippen molar-refractivity contribution in [1.82, 2.24) is 0 Å². The maximum absolute atomic E-state index is 13.6. The Hall–Kier alpha value is -0.600. The first-order valence-electron chi connectivity index (χ1n) is 7.21. The highest BCUT2D eigenvalue weighted by molar-refractivity contribution is 6.21. The van der Waals surface area contributed by atoms with Crippen LogP contribution in [0.2, 0.25) is 0 Å². The third kappa shape index (κ3) is 2.41. The summed E-state index contributed by atoms with van der Waals surface area (Å²) in [4.78, 5) is 0. The van der Waals surface area contributed by atoms with Gasteiger partial charge < -0.3 is 4.74 Å². The highest BCUT2D eigenvalue weighted by Crippen LogP contribution is 2.55. The first-order valence-corrected chi connectivity index (χ1v) is 7.65. The van der Waals surface area contributed by atoms with Crippen LogP contribution < -0.4 is 0 Å². The third-order valence-electron chi connectivity index (χ3n) is 4.87. The lowest BCUT2D eigenvalue weighted by molar-refractivity contribution is -0.131. The van der Waals surface area contributed by atoms with E-state index in [-0.39, 0.29) is 22.7 Å². The highest BCUT2D eigenvalue weighted by atomic mass is 35.5. The van der Waals surface area contributed by atoms with E-state index in [1.807, 2.05) is 6.07 Å². The molecule has 0 aromatic heterocycles. The molecule has 2 aliphatic carbocycles. The number of ether oxygens (including phenoxy) is 1. The zero-order valence-corrected chi connectivity index (χ0v) is 11.8. The molecule has 1 aromatic rings. The molecular weight excluding hydrogens is 263 g/mol. The van der Waals surface area contributed by atoms with Gasteiger partial charge in [-0.1, -0.05) is 37.5 Å². The molecule has 2 unspecified atom stereocenters. The van der Waals surface area contributed by atoms with Crippen LogP contribution in [-0.2, 0) is 11.3 Å². The monoisotopic (exact) mass is 282 g/mol. The lowest BCUT2D eigenvalue weighted by Gasteiger charge is -2.55. The minimum absolute atomic E-state index is 0.172. The number of halogens is 2. The molecule has 104 valence electrons. The van der Waals surface area contributed by atoms with Gasteiger partial charge in [0.1, 0.15) is 5.82 Å². The molecule has 0 heterocycles. The molecule has 3 rings (SSSR count). The molecule has 2 fully saturated rings. The molecule has 19 heavy (non-hydrogen) atoms. The molecule has 1 nitrogen and oxygen atoms in total. The molecule has 0 saturated heterocycles. The molecule has 0 bridgehead atoms. The summed E-state index contributed by atoms with van der Waals surface area (Å²) in [5.41, 5.74) is 0.817. The van der Waals surface area contributed by atoms with Crippen molar-refractivity contribution in [3.63, 3.8) is 0 Å². The van der Waals surface area contributed by atoms with E-state index in [2.05, 4.69) is 0 Å². The quantitative estimate of drug-likeness (QED) is 0.732. The summed E-state index contributed by atoms with van der Waals surface area (Å²) >= 11 is 6.44. The second-order valence-electron chi connectivity index (χ2n) is 5.89. The van der Waals surface area contributed by atoms with Crippen molar-refractivity contribution in [3.8, 4) is 0 Å². The van der Waals surface area contributed by atoms with Crippen molar-refractivity contribution >= 4 is 11.6 Å². The zero-order valence-electron chi connectivity index (χ0n) is 11.1. The van der Waals surface area contributed by atoms with Gasteiger partial charge in [0.05, 0.1) is 12.7 Å². The van der Waals surface area contributed by atoms with E-state index in [1.54, 1.807) is 12.1 Å². The standard InChI is InChI=1S/C16H20ClFO/c17-14-10-15(16(14)8-4-1-5-9-16)19-11-12-6-2-3-7-13(12)18/h2-3,6-7,14-15H,1,4-5,8-11H2. The normalized spacial score (nSPS) is 29.2. The van der Waals surface area contributed by atoms with E-state index in [1.165, 1.54) is 38.2 Å². The van der Waals surface area contributed by atoms with Crippen molar-refractivity contribution in [2.24, 2.45) is 5.41 Å². The highest BCUT2D eigenvalue weighted by Gasteiger charge is 2.54. The van der Waals surface area contributed by atoms with Crippen LogP contribution in [0.3, 0.4) is 0 Å². The van der Waals surface area contributed by atoms with Crippen LogP contribution in [0, 0.1) is 11.2 Å². The largest absolute Gasteiger partial charge is 0.373 e. The van der Waals surface area contributed by atoms with Gasteiger partial charge in [-0.3, -0.25) is 0 Å². The molecule has 0 aliphatic heterocycles. The van der Waals surface area contributed by atoms with Gasteiger partial charge in [0, 0.05) is 16.4 Å². The Morgan fingerprint density at radius 1 is 1.21 bits per heavy atom. The fourth-order valence-corrected chi connectivity index (χ4v) is 4.10. The smallest absolute Gasteiger partial charge is 0.128 e. The van der Waals surface area contributed by atoms with Crippen molar-refractivity contribution in [2.75, 3.05) is 0 Å². The van der Waals surface area contributed by atoms with E-state index in [4.69, 9.17) is 16.3 Å². The van der Waals surface area contributed by atoms with Gasteiger partial charge in [0.2, 0.25) is 0 Å². The van der Waals surface area contributed by atoms with Crippen LogP contribution >= 0.6 is 11.6 Å². The van der Waals surface area contributed by atoms with Crippen LogP contribution in [-0.4, -0.2) is 11.5 Å². The Morgan fingerprint density at radius 2 is 1.95 bits per heavy atom. The lowest BCUT2D eigenvalue weighted by atomic mass is 9.58. The molecule has 0 radical (unpaired) electrons. The van der Waals surface area contributed by atoms with Crippen molar-refractivity contribution in [2.45, 2.75) is 56.6 Å². The summed E-state index contributed by atoms with van der Waals surface area (Å²) in [6, 6.07) is 6.84. The van der Waals surface area contributed by atoms with E-state index < -0.39 is 0 Å². The fourth-order valence-electron chi connectivity index (χ4n) is 3.58. The topological polar surface area (TPSA) is 9.23 Å². The summed E-state index contributed by atoms with van der Waals surface area (Å²) in [5.74, 6) is -0.179. The van der Waals surface area contributed by atoms with Gasteiger partial charge in [0.15, 0.2) is 0 Å². The van der Waals surface area contributed by atoms with E-state index >= 15 is 0 Å². The molecule has 1 spiro atoms. The second-order valence-corrected chi connectivity index (χ2v) is 6.41. The van der Waals surface area contributed by atoms with E-state index in [9.17, 15) is 4.39 Å². The summed E-state index contributed by atoms with van der Waals surface area (Å²) in [6.45, 7) is 0.364. The number of hydrogen-bond acceptors (Lipinski definition) is 1. The summed E-state index contributed by atoms with van der Waals surface area (Å²) < 4.78 is 19.6. The van der Waals surface area contributed by atoms with Crippen molar-refractivity contribution in [1.29, 1.82) is 0 Å². The van der Waals surface area contributed by atoms with E-state index in [0.29, 0.717) is 12.2 Å². The Bertz CT molecular complexity index is 442. The average molecular weight is 283 g/mol. The Balaban J connectivity index is 1.63. The minimum atomic E-state index is -0.179. The second kappa shape index (κ2) is 5.41. The van der Waals surface area contributed by atoms with E-state index in [0.717, 1.165) is 6.42 Å². The predicted octanol–water partition coefficient (Wildman–Crippen LogP) is 4.67. The van der Waals surface area contributed by atoms with Crippen molar-refractivity contribution < 1.29 is 9.13 Å². The number of rotatable bonds is 3. The van der Waals surface area contributed by atoms with Gasteiger partial charge in [-0.05, 0) is 25.3 Å². The Kier molecular flexibility index (Phi) is 3.81. The molecule has 0 amide bonds. The molecule has 2 atom stereocenters. The molecule has 1 aromatic carbocycles. The van der Waals surface area contributed by atoms with Gasteiger partial charge >= 0.3 is 0 Å². The third-order valence-corrected chi connectivity index (χ3v) is 5.48. The summed E-state index contributed by atoms with van der Waals surface area (Å²) in [7, 11) is 0. The first-order chi connectivity index (χ1) is 9.22. The lowest BCUT2D eigenvalue weighted by Crippen LogP contribution is -2.56. The Morgan fingerprint density at radius 3 is 2.63 bits per heavy atom. The fraction of sp³-hybridized carbons (Fsp3) is 0.625. The molecular formula is C16H20ClFO. The molecule has 0 N–H and O–H groups in total. The molecule has 2 saturated carbocycles. The maximum Gasteiger partial charge on any atom is 0.128 e. The van der Waals surface area contributed by atoms with Gasteiger partial charge in [-0.2, -0.15) is 0 Å². The zero-order chi connectivity index (χ0) is 13.3. The van der Waals surface area contributed by atoms with Crippen LogP contribution in [0.15, 0.2) is 24.3 Å². The summed E-state index contributed by atoms with van der Waals surface area (Å²) in [6.07, 6.45) is 7.29. The number of benzene rings is 1. The van der Waals surface area contributed by atoms with Crippen molar-refractivity contribution in [3.05, 3.63) is 35.6 Å². The molecule has 2 aliphatic rings. The van der Waals surface area contributed by atoms with Crippen LogP contribution in [0.25, 0.3) is 0 Å². The predicted molar refractivity (Wildman–Crippen MR) is 74.8 cm³/mol. The van der Waals surface area contributed by atoms with Gasteiger partial charge in [0.25, 0.3) is 0 Å². The average Bonchev–Trinajstić information content (AvgIpc) is 2.46. The number of alkyl halides is 1. The first kappa shape index (κ1) is 13.4. The van der Waals surface area contributed by atoms with Gasteiger partial charge in [-0.15, -0.1) is 11.6 Å². The number of hydrogen-bond donors (Lipinski definition) is 0. The maximum atomic E-state index is 13.6. The Labute approximate surface area is 119 Å². The van der Waals surface area contributed by atoms with Crippen LogP contribution in [0.5, 0.6) is 0 Å². The van der Waals surface area contributed by atoms with Crippen LogP contribution in [0.1, 0.15) is 44.1 Å².